The first-order valence-electron chi connectivity index (χ1n) is 6.11. The smallest absolute Gasteiger partial charge is 0.255 e. The van der Waals surface area contributed by atoms with Gasteiger partial charge in [-0.1, -0.05) is 17.7 Å². The number of halogens is 2. The minimum atomic E-state index is -0.0413. The highest BCUT2D eigenvalue weighted by Gasteiger charge is 2.33. The molecule has 0 N–H and O–H groups in total. The summed E-state index contributed by atoms with van der Waals surface area (Å²) in [7, 11) is 0. The van der Waals surface area contributed by atoms with E-state index in [1.807, 2.05) is 0 Å². The zero-order valence-corrected chi connectivity index (χ0v) is 12.5. The molecule has 102 valence electrons. The van der Waals surface area contributed by atoms with Gasteiger partial charge in [0.15, 0.2) is 0 Å². The van der Waals surface area contributed by atoms with E-state index in [0.717, 1.165) is 13.2 Å². The summed E-state index contributed by atoms with van der Waals surface area (Å²) in [6, 6.07) is 5.30. The summed E-state index contributed by atoms with van der Waals surface area (Å²) >= 11 is 9.40. The quantitative estimate of drug-likeness (QED) is 0.769. The zero-order chi connectivity index (χ0) is 13.4. The van der Waals surface area contributed by atoms with Gasteiger partial charge in [0.1, 0.15) is 0 Å². The number of hydrogen-bond donors (Lipinski definition) is 0. The van der Waals surface area contributed by atoms with Crippen LogP contribution in [0.5, 0.6) is 0 Å². The molecule has 3 rings (SSSR count). The second-order valence-electron chi connectivity index (χ2n) is 4.72. The molecular formula is C13H13BrClNO3. The van der Waals surface area contributed by atoms with Gasteiger partial charge in [-0.3, -0.25) is 4.79 Å². The van der Waals surface area contributed by atoms with E-state index in [0.29, 0.717) is 28.1 Å². The molecule has 2 aliphatic heterocycles. The summed E-state index contributed by atoms with van der Waals surface area (Å²) in [5, 5.41) is 0.538. The summed E-state index contributed by atoms with van der Waals surface area (Å²) in [4.78, 5) is 14.4. The van der Waals surface area contributed by atoms with Crippen LogP contribution in [-0.4, -0.2) is 49.3 Å². The maximum atomic E-state index is 12.6. The van der Waals surface area contributed by atoms with Crippen molar-refractivity contribution in [2.24, 2.45) is 0 Å². The van der Waals surface area contributed by atoms with Gasteiger partial charge in [-0.15, -0.1) is 0 Å². The lowest BCUT2D eigenvalue weighted by atomic mass is 10.2. The zero-order valence-electron chi connectivity index (χ0n) is 10.1. The molecule has 2 fully saturated rings. The van der Waals surface area contributed by atoms with Gasteiger partial charge in [-0.05, 0) is 28.1 Å². The van der Waals surface area contributed by atoms with Gasteiger partial charge in [0.2, 0.25) is 0 Å². The Hall–Kier alpha value is -0.620. The van der Waals surface area contributed by atoms with Gasteiger partial charge < -0.3 is 14.4 Å². The fourth-order valence-corrected chi connectivity index (χ4v) is 2.53. The molecule has 2 heterocycles. The van der Waals surface area contributed by atoms with Crippen LogP contribution in [0.4, 0.5) is 0 Å². The van der Waals surface area contributed by atoms with Crippen molar-refractivity contribution < 1.29 is 14.3 Å². The van der Waals surface area contributed by atoms with E-state index in [1.54, 1.807) is 23.1 Å². The summed E-state index contributed by atoms with van der Waals surface area (Å²) in [5.74, 6) is -0.0413. The van der Waals surface area contributed by atoms with Crippen molar-refractivity contribution >= 4 is 33.4 Å². The summed E-state index contributed by atoms with van der Waals surface area (Å²) in [6.45, 7) is 2.67. The van der Waals surface area contributed by atoms with Crippen LogP contribution in [0.25, 0.3) is 0 Å². The Morgan fingerprint density at radius 3 is 2.42 bits per heavy atom. The topological polar surface area (TPSA) is 45.4 Å². The van der Waals surface area contributed by atoms with E-state index in [-0.39, 0.29) is 18.1 Å². The first-order chi connectivity index (χ1) is 9.15. The Morgan fingerprint density at radius 1 is 1.32 bits per heavy atom. The van der Waals surface area contributed by atoms with Crippen molar-refractivity contribution in [1.29, 1.82) is 0 Å². The Kier molecular flexibility index (Phi) is 3.80. The molecule has 6 heteroatoms. The van der Waals surface area contributed by atoms with E-state index in [1.165, 1.54) is 0 Å². The number of epoxide rings is 2. The van der Waals surface area contributed by atoms with Crippen molar-refractivity contribution in [3.8, 4) is 0 Å². The fraction of sp³-hybridized carbons (Fsp3) is 0.462. The van der Waals surface area contributed by atoms with E-state index < -0.39 is 0 Å². The van der Waals surface area contributed by atoms with Gasteiger partial charge in [0.25, 0.3) is 5.91 Å². The van der Waals surface area contributed by atoms with Crippen LogP contribution in [0.1, 0.15) is 10.4 Å². The molecule has 0 spiro atoms. The van der Waals surface area contributed by atoms with Crippen LogP contribution in [0.15, 0.2) is 22.7 Å². The van der Waals surface area contributed by atoms with E-state index in [9.17, 15) is 4.79 Å². The predicted molar refractivity (Wildman–Crippen MR) is 74.5 cm³/mol. The molecule has 1 amide bonds. The molecule has 0 aromatic heterocycles. The molecule has 19 heavy (non-hydrogen) atoms. The lowest BCUT2D eigenvalue weighted by molar-refractivity contribution is 0.0728. The summed E-state index contributed by atoms with van der Waals surface area (Å²) in [6.07, 6.45) is 0.335. The maximum Gasteiger partial charge on any atom is 0.255 e. The van der Waals surface area contributed by atoms with Crippen LogP contribution in [0.3, 0.4) is 0 Å². The monoisotopic (exact) mass is 345 g/mol. The lowest BCUT2D eigenvalue weighted by Crippen LogP contribution is -2.37. The van der Waals surface area contributed by atoms with Gasteiger partial charge in [-0.25, -0.2) is 0 Å². The molecule has 2 saturated heterocycles. The third-order valence-corrected chi connectivity index (χ3v) is 4.52. The molecule has 0 radical (unpaired) electrons. The summed E-state index contributed by atoms with van der Waals surface area (Å²) < 4.78 is 11.1. The van der Waals surface area contributed by atoms with Crippen LogP contribution in [-0.2, 0) is 9.47 Å². The number of rotatable bonds is 5. The largest absolute Gasteiger partial charge is 0.371 e. The highest BCUT2D eigenvalue weighted by molar-refractivity contribution is 9.10. The molecule has 2 aliphatic rings. The molecular weight excluding hydrogens is 334 g/mol. The third kappa shape index (κ3) is 3.28. The second kappa shape index (κ2) is 5.40. The van der Waals surface area contributed by atoms with Crippen LogP contribution >= 0.6 is 27.5 Å². The lowest BCUT2D eigenvalue weighted by Gasteiger charge is -2.21. The molecule has 0 saturated carbocycles. The average molecular weight is 347 g/mol. The van der Waals surface area contributed by atoms with Crippen molar-refractivity contribution in [2.45, 2.75) is 12.2 Å². The van der Waals surface area contributed by atoms with Crippen molar-refractivity contribution in [1.82, 2.24) is 4.90 Å². The molecule has 1 aromatic carbocycles. The van der Waals surface area contributed by atoms with Crippen LogP contribution < -0.4 is 0 Å². The molecule has 2 atom stereocenters. The number of nitrogens with zero attached hydrogens (tertiary/aromatic N) is 1. The Balaban J connectivity index is 1.79. The number of amides is 1. The minimum Gasteiger partial charge on any atom is -0.371 e. The highest BCUT2D eigenvalue weighted by atomic mass is 79.9. The van der Waals surface area contributed by atoms with E-state index in [2.05, 4.69) is 15.9 Å². The van der Waals surface area contributed by atoms with Crippen LogP contribution in [0, 0.1) is 0 Å². The van der Waals surface area contributed by atoms with Crippen molar-refractivity contribution in [2.75, 3.05) is 26.3 Å². The highest BCUT2D eigenvalue weighted by Crippen LogP contribution is 2.28. The van der Waals surface area contributed by atoms with Gasteiger partial charge in [-0.2, -0.15) is 0 Å². The number of carbonyl (C=O) groups is 1. The SMILES string of the molecule is O=C(c1cccc(Cl)c1Br)N(CC1CO1)CC1CO1. The molecule has 1 aromatic rings. The number of carbonyl (C=O) groups excluding carboxylic acids is 1. The van der Waals surface area contributed by atoms with Gasteiger partial charge >= 0.3 is 0 Å². The van der Waals surface area contributed by atoms with E-state index >= 15 is 0 Å². The fourth-order valence-electron chi connectivity index (χ4n) is 1.92. The standard InChI is InChI=1S/C13H13BrClNO3/c14-12-10(2-1-3-11(12)15)13(17)16(4-8-6-18-8)5-9-7-19-9/h1-3,8-9H,4-7H2. The number of benzene rings is 1. The second-order valence-corrected chi connectivity index (χ2v) is 5.92. The Morgan fingerprint density at radius 2 is 1.89 bits per heavy atom. The number of ether oxygens (including phenoxy) is 2. The third-order valence-electron chi connectivity index (χ3n) is 3.12. The molecule has 0 bridgehead atoms. The van der Waals surface area contributed by atoms with Gasteiger partial charge in [0, 0.05) is 17.6 Å². The number of hydrogen-bond acceptors (Lipinski definition) is 3. The maximum absolute atomic E-state index is 12.6. The first-order valence-corrected chi connectivity index (χ1v) is 7.28. The van der Waals surface area contributed by atoms with Gasteiger partial charge in [0.05, 0.1) is 36.0 Å². The molecule has 4 nitrogen and oxygen atoms in total. The normalized spacial score (nSPS) is 24.1. The van der Waals surface area contributed by atoms with Crippen LogP contribution in [0.2, 0.25) is 5.02 Å². The van der Waals surface area contributed by atoms with Crippen molar-refractivity contribution in [3.05, 3.63) is 33.3 Å². The minimum absolute atomic E-state index is 0.0413. The molecule has 2 unspecified atom stereocenters. The summed E-state index contributed by atoms with van der Waals surface area (Å²) in [5.41, 5.74) is 0.578. The predicted octanol–water partition coefficient (Wildman–Crippen LogP) is 2.34. The van der Waals surface area contributed by atoms with E-state index in [4.69, 9.17) is 21.1 Å². The first kappa shape index (κ1) is 13.4. The average Bonchev–Trinajstić information content (AvgIpc) is 3.26. The molecule has 0 aliphatic carbocycles. The Bertz CT molecular complexity index is 489. The van der Waals surface area contributed by atoms with Crippen molar-refractivity contribution in [3.63, 3.8) is 0 Å². The Labute approximate surface area is 124 Å².